The molecule has 0 aliphatic carbocycles. The van der Waals surface area contributed by atoms with Gasteiger partial charge in [0.1, 0.15) is 29.1 Å². The summed E-state index contributed by atoms with van der Waals surface area (Å²) in [7, 11) is 0. The molecule has 1 atom stereocenters. The molecule has 0 spiro atoms. The summed E-state index contributed by atoms with van der Waals surface area (Å²) in [6, 6.07) is 13.2. The highest BCUT2D eigenvalue weighted by molar-refractivity contribution is 6.51. The van der Waals surface area contributed by atoms with E-state index < -0.39 is 23.5 Å². The van der Waals surface area contributed by atoms with Gasteiger partial charge < -0.3 is 9.52 Å². The Kier molecular flexibility index (Phi) is 4.78. The van der Waals surface area contributed by atoms with Gasteiger partial charge in [0.25, 0.3) is 11.7 Å². The van der Waals surface area contributed by atoms with Crippen LogP contribution in [0.15, 0.2) is 64.6 Å². The molecule has 1 aliphatic rings. The van der Waals surface area contributed by atoms with Gasteiger partial charge in [-0.05, 0) is 74.4 Å². The van der Waals surface area contributed by atoms with Crippen molar-refractivity contribution in [3.05, 3.63) is 94.2 Å². The maximum absolute atomic E-state index is 13.3. The van der Waals surface area contributed by atoms with Crippen molar-refractivity contribution in [3.8, 4) is 0 Å². The number of halogens is 1. The van der Waals surface area contributed by atoms with Gasteiger partial charge in [-0.3, -0.25) is 14.5 Å². The van der Waals surface area contributed by atoms with Crippen molar-refractivity contribution in [3.63, 3.8) is 0 Å². The molecule has 1 aromatic heterocycles. The Balaban J connectivity index is 1.97. The number of aliphatic hydroxyl groups excluding tert-OH is 1. The van der Waals surface area contributed by atoms with E-state index in [1.807, 2.05) is 32.0 Å². The molecule has 0 saturated carbocycles. The Bertz CT molecular complexity index is 1190. The lowest BCUT2D eigenvalue weighted by Gasteiger charge is -2.25. The lowest BCUT2D eigenvalue weighted by atomic mass is 9.99. The zero-order valence-corrected chi connectivity index (χ0v) is 16.8. The summed E-state index contributed by atoms with van der Waals surface area (Å²) >= 11 is 0. The van der Waals surface area contributed by atoms with Crippen LogP contribution < -0.4 is 4.90 Å². The third kappa shape index (κ3) is 3.20. The first kappa shape index (κ1) is 19.6. The third-order valence-electron chi connectivity index (χ3n) is 5.22. The summed E-state index contributed by atoms with van der Waals surface area (Å²) in [6.45, 7) is 5.50. The van der Waals surface area contributed by atoms with Crippen LogP contribution in [0.1, 0.15) is 34.3 Å². The summed E-state index contributed by atoms with van der Waals surface area (Å²) < 4.78 is 19.1. The van der Waals surface area contributed by atoms with Crippen LogP contribution in [0.3, 0.4) is 0 Å². The summed E-state index contributed by atoms with van der Waals surface area (Å²) in [5, 5.41) is 10.9. The van der Waals surface area contributed by atoms with Gasteiger partial charge in [-0.15, -0.1) is 0 Å². The molecule has 5 nitrogen and oxygen atoms in total. The number of anilines is 1. The highest BCUT2D eigenvalue weighted by Gasteiger charge is 2.48. The number of furan rings is 1. The number of rotatable bonds is 3. The number of hydrogen-bond acceptors (Lipinski definition) is 4. The second-order valence-corrected chi connectivity index (χ2v) is 7.41. The number of aryl methyl sites for hydroxylation is 3. The number of hydrogen-bond donors (Lipinski definition) is 1. The lowest BCUT2D eigenvalue weighted by molar-refractivity contribution is -0.132. The van der Waals surface area contributed by atoms with Gasteiger partial charge in [0.05, 0.1) is 5.57 Å². The molecule has 0 bridgehead atoms. The second-order valence-electron chi connectivity index (χ2n) is 7.41. The fourth-order valence-corrected chi connectivity index (χ4v) is 3.69. The highest BCUT2D eigenvalue weighted by atomic mass is 19.1. The third-order valence-corrected chi connectivity index (χ3v) is 5.22. The van der Waals surface area contributed by atoms with Crippen LogP contribution in [0.4, 0.5) is 10.1 Å². The van der Waals surface area contributed by atoms with E-state index >= 15 is 0 Å². The summed E-state index contributed by atoms with van der Waals surface area (Å²) in [6.07, 6.45) is 0. The Morgan fingerprint density at radius 2 is 1.70 bits per heavy atom. The highest BCUT2D eigenvalue weighted by Crippen LogP contribution is 2.43. The van der Waals surface area contributed by atoms with Crippen LogP contribution in [0, 0.1) is 26.6 Å². The molecule has 1 saturated heterocycles. The number of aliphatic hydroxyl groups is 1. The molecule has 1 amide bonds. The topological polar surface area (TPSA) is 70.8 Å². The number of amides is 1. The predicted octanol–water partition coefficient (Wildman–Crippen LogP) is 4.97. The SMILES string of the molecule is Cc1ccc(C)c(N2C(=O)C(=O)/C(=C(\O)c3ccc(F)cc3)C2c2ccc(C)o2)c1. The molecule has 4 rings (SSSR count). The van der Waals surface area contributed by atoms with Gasteiger partial charge in [-0.1, -0.05) is 12.1 Å². The first-order chi connectivity index (χ1) is 14.3. The van der Waals surface area contributed by atoms with E-state index in [0.717, 1.165) is 11.1 Å². The molecule has 0 radical (unpaired) electrons. The molecule has 152 valence electrons. The van der Waals surface area contributed by atoms with Crippen LogP contribution >= 0.6 is 0 Å². The smallest absolute Gasteiger partial charge is 0.300 e. The van der Waals surface area contributed by atoms with Gasteiger partial charge in [-0.2, -0.15) is 0 Å². The average molecular weight is 405 g/mol. The summed E-state index contributed by atoms with van der Waals surface area (Å²) in [5.74, 6) is -1.46. The van der Waals surface area contributed by atoms with Gasteiger partial charge in [0.15, 0.2) is 0 Å². The molecule has 1 N–H and O–H groups in total. The van der Waals surface area contributed by atoms with Crippen LogP contribution in [0.2, 0.25) is 0 Å². The lowest BCUT2D eigenvalue weighted by Crippen LogP contribution is -2.30. The Morgan fingerprint density at radius 3 is 2.33 bits per heavy atom. The molecular weight excluding hydrogens is 385 g/mol. The normalized spacial score (nSPS) is 18.3. The van der Waals surface area contributed by atoms with E-state index in [2.05, 4.69) is 0 Å². The van der Waals surface area contributed by atoms with E-state index in [-0.39, 0.29) is 16.9 Å². The van der Waals surface area contributed by atoms with E-state index in [0.29, 0.717) is 17.2 Å². The van der Waals surface area contributed by atoms with Gasteiger partial charge in [0.2, 0.25) is 0 Å². The van der Waals surface area contributed by atoms with Crippen molar-refractivity contribution < 1.29 is 23.5 Å². The number of Topliss-reactive ketones (excluding diaryl/α,β-unsaturated/α-hetero) is 1. The van der Waals surface area contributed by atoms with Gasteiger partial charge in [0, 0.05) is 11.3 Å². The summed E-state index contributed by atoms with van der Waals surface area (Å²) in [4.78, 5) is 27.5. The maximum atomic E-state index is 13.3. The second kappa shape index (κ2) is 7.30. The van der Waals surface area contributed by atoms with E-state index in [9.17, 15) is 19.1 Å². The Hall–Kier alpha value is -3.67. The Labute approximate surface area is 173 Å². The van der Waals surface area contributed by atoms with Crippen LogP contribution in [0.5, 0.6) is 0 Å². The Morgan fingerprint density at radius 1 is 1.00 bits per heavy atom. The largest absolute Gasteiger partial charge is 0.507 e. The first-order valence-corrected chi connectivity index (χ1v) is 9.48. The fourth-order valence-electron chi connectivity index (χ4n) is 3.69. The monoisotopic (exact) mass is 405 g/mol. The molecule has 1 aliphatic heterocycles. The van der Waals surface area contributed by atoms with Crippen LogP contribution in [-0.4, -0.2) is 16.8 Å². The minimum atomic E-state index is -0.941. The molecule has 1 fully saturated rings. The van der Waals surface area contributed by atoms with Crippen molar-refractivity contribution in [1.82, 2.24) is 0 Å². The summed E-state index contributed by atoms with van der Waals surface area (Å²) in [5.41, 5.74) is 2.43. The minimum absolute atomic E-state index is 0.0955. The number of nitrogens with zero attached hydrogens (tertiary/aromatic N) is 1. The zero-order chi connectivity index (χ0) is 21.6. The fraction of sp³-hybridized carbons (Fsp3) is 0.167. The van der Waals surface area contributed by atoms with Gasteiger partial charge in [-0.25, -0.2) is 4.39 Å². The van der Waals surface area contributed by atoms with Crippen LogP contribution in [0.25, 0.3) is 5.76 Å². The van der Waals surface area contributed by atoms with Crippen molar-refractivity contribution in [2.24, 2.45) is 0 Å². The molecule has 2 heterocycles. The average Bonchev–Trinajstić information content (AvgIpc) is 3.25. The first-order valence-electron chi connectivity index (χ1n) is 9.48. The van der Waals surface area contributed by atoms with E-state index in [4.69, 9.17) is 4.42 Å². The van der Waals surface area contributed by atoms with Crippen LogP contribution in [-0.2, 0) is 9.59 Å². The van der Waals surface area contributed by atoms with Crippen molar-refractivity contribution in [1.29, 1.82) is 0 Å². The zero-order valence-electron chi connectivity index (χ0n) is 16.8. The minimum Gasteiger partial charge on any atom is -0.507 e. The molecular formula is C24H20FNO4. The van der Waals surface area contributed by atoms with Crippen molar-refractivity contribution in [2.45, 2.75) is 26.8 Å². The number of benzene rings is 2. The molecule has 6 heteroatoms. The number of carbonyl (C=O) groups is 2. The van der Waals surface area contributed by atoms with Gasteiger partial charge >= 0.3 is 0 Å². The molecule has 30 heavy (non-hydrogen) atoms. The van der Waals surface area contributed by atoms with E-state index in [1.54, 1.807) is 19.1 Å². The quantitative estimate of drug-likeness (QED) is 0.379. The molecule has 1 unspecified atom stereocenters. The van der Waals surface area contributed by atoms with E-state index in [1.165, 1.54) is 29.2 Å². The maximum Gasteiger partial charge on any atom is 0.300 e. The van der Waals surface area contributed by atoms with Crippen molar-refractivity contribution in [2.75, 3.05) is 4.90 Å². The van der Waals surface area contributed by atoms with Crippen molar-refractivity contribution >= 4 is 23.1 Å². The molecule has 2 aromatic carbocycles. The number of carbonyl (C=O) groups excluding carboxylic acids is 2. The number of ketones is 1. The molecule has 3 aromatic rings. The predicted molar refractivity (Wildman–Crippen MR) is 111 cm³/mol. The standard InChI is InChI=1S/C24H20FNO4/c1-13-4-5-14(2)18(12-13)26-21(19-11-6-15(3)30-19)20(23(28)24(26)29)22(27)16-7-9-17(25)10-8-16/h4-12,21,27H,1-3H3/b22-20-.